The summed E-state index contributed by atoms with van der Waals surface area (Å²) in [6.45, 7) is 0.615. The minimum absolute atomic E-state index is 0.179. The number of carbonyl (C=O) groups excluding carboxylic acids is 2. The van der Waals surface area contributed by atoms with Gasteiger partial charge in [-0.05, 0) is 54.3 Å². The number of halogens is 2. The van der Waals surface area contributed by atoms with E-state index in [2.05, 4.69) is 5.32 Å². The van der Waals surface area contributed by atoms with E-state index in [1.165, 1.54) is 16.2 Å². The minimum atomic E-state index is -1.87. The Labute approximate surface area is 218 Å². The fourth-order valence-corrected chi connectivity index (χ4v) is 5.64. The molecular weight excluding hydrogens is 507 g/mol. The van der Waals surface area contributed by atoms with Crippen LogP contribution in [0.15, 0.2) is 60.7 Å². The van der Waals surface area contributed by atoms with Crippen LogP contribution in [0.25, 0.3) is 0 Å². The van der Waals surface area contributed by atoms with E-state index >= 15 is 0 Å². The number of hydrogen-bond acceptors (Lipinski definition) is 5. The summed E-state index contributed by atoms with van der Waals surface area (Å²) in [5.74, 6) is -1.47. The van der Waals surface area contributed by atoms with Crippen LogP contribution >= 0.6 is 34.5 Å². The molecule has 0 saturated carbocycles. The molecule has 3 aromatic rings. The number of rotatable bonds is 8. The van der Waals surface area contributed by atoms with Crippen LogP contribution in [-0.4, -0.2) is 45.7 Å². The van der Waals surface area contributed by atoms with Gasteiger partial charge in [0.25, 0.3) is 11.8 Å². The molecule has 0 bridgehead atoms. The van der Waals surface area contributed by atoms with Gasteiger partial charge in [0.2, 0.25) is 0 Å². The number of benzene rings is 2. The van der Waals surface area contributed by atoms with Crippen molar-refractivity contribution in [2.45, 2.75) is 44.1 Å². The van der Waals surface area contributed by atoms with Gasteiger partial charge in [-0.15, -0.1) is 11.3 Å². The number of aliphatic hydroxyl groups excluding tert-OH is 2. The predicted molar refractivity (Wildman–Crippen MR) is 138 cm³/mol. The molecule has 3 atom stereocenters. The topological polar surface area (TPSA) is 89.9 Å². The van der Waals surface area contributed by atoms with Gasteiger partial charge in [0.05, 0.1) is 12.6 Å². The third-order valence-corrected chi connectivity index (χ3v) is 7.76. The Morgan fingerprint density at radius 3 is 2.57 bits per heavy atom. The predicted octanol–water partition coefficient (Wildman–Crippen LogP) is 4.35. The summed E-state index contributed by atoms with van der Waals surface area (Å²) < 4.78 is 0. The molecule has 2 aromatic carbocycles. The van der Waals surface area contributed by atoms with E-state index in [1.54, 1.807) is 12.1 Å². The van der Waals surface area contributed by atoms with Gasteiger partial charge < -0.3 is 20.4 Å². The summed E-state index contributed by atoms with van der Waals surface area (Å²) in [5, 5.41) is 24.7. The van der Waals surface area contributed by atoms with Crippen LogP contribution in [0.5, 0.6) is 0 Å². The van der Waals surface area contributed by atoms with Gasteiger partial charge in [-0.1, -0.05) is 53.5 Å². The monoisotopic (exact) mass is 532 g/mol. The third-order valence-electron chi connectivity index (χ3n) is 6.07. The normalized spacial score (nSPS) is 17.3. The number of aliphatic hydroxyl groups is 2. The molecule has 1 fully saturated rings. The number of amides is 2. The number of thiophene rings is 1. The first-order chi connectivity index (χ1) is 16.8. The van der Waals surface area contributed by atoms with Crippen LogP contribution in [0.2, 0.25) is 10.0 Å². The molecule has 1 aromatic heterocycles. The van der Waals surface area contributed by atoms with Gasteiger partial charge in [-0.25, -0.2) is 0 Å². The first kappa shape index (κ1) is 25.7. The van der Waals surface area contributed by atoms with Gasteiger partial charge in [0.1, 0.15) is 0 Å². The van der Waals surface area contributed by atoms with E-state index in [-0.39, 0.29) is 12.6 Å². The lowest BCUT2D eigenvalue weighted by molar-refractivity contribution is -0.153. The molecule has 3 N–H and O–H groups in total. The number of nitrogens with zero attached hydrogens (tertiary/aromatic N) is 1. The number of hydrogen-bond donors (Lipinski definition) is 3. The van der Waals surface area contributed by atoms with Crippen molar-refractivity contribution in [3.63, 3.8) is 0 Å². The molecule has 0 radical (unpaired) electrons. The molecule has 35 heavy (non-hydrogen) atoms. The molecule has 0 unspecified atom stereocenters. The lowest BCUT2D eigenvalue weighted by atomic mass is 10.0. The zero-order valence-electron chi connectivity index (χ0n) is 18.9. The molecule has 0 spiro atoms. The highest BCUT2D eigenvalue weighted by Gasteiger charge is 2.38. The molecule has 0 aliphatic carbocycles. The maximum Gasteiger partial charge on any atom is 0.255 e. The Bertz CT molecular complexity index is 1200. The molecule has 1 aliphatic heterocycles. The van der Waals surface area contributed by atoms with E-state index < -0.39 is 24.0 Å². The highest BCUT2D eigenvalue weighted by Crippen LogP contribution is 2.33. The summed E-state index contributed by atoms with van der Waals surface area (Å²) in [4.78, 5) is 28.9. The fourth-order valence-electron chi connectivity index (χ4n) is 4.26. The van der Waals surface area contributed by atoms with Crippen molar-refractivity contribution in [2.75, 3.05) is 6.54 Å². The van der Waals surface area contributed by atoms with Crippen LogP contribution in [0.1, 0.15) is 39.8 Å². The lowest BCUT2D eigenvalue weighted by Gasteiger charge is -2.28. The SMILES string of the molecule is O=C(NCc1ccc(Cc2ccccc2Cl)s1)[C@H](O)[C@@H](O)C(=O)N1CCC[C@@H]1c1cccc(Cl)c1. The average Bonchev–Trinajstić information content (AvgIpc) is 3.52. The molecule has 4 rings (SSSR count). The van der Waals surface area contributed by atoms with Crippen molar-refractivity contribution in [1.29, 1.82) is 0 Å². The Hall–Kier alpha value is -2.42. The van der Waals surface area contributed by atoms with Crippen molar-refractivity contribution in [3.05, 3.63) is 91.6 Å². The molecule has 2 amide bonds. The van der Waals surface area contributed by atoms with Crippen LogP contribution in [0, 0.1) is 0 Å². The first-order valence-electron chi connectivity index (χ1n) is 11.3. The van der Waals surface area contributed by atoms with Crippen molar-refractivity contribution < 1.29 is 19.8 Å². The molecule has 1 aliphatic rings. The molecule has 184 valence electrons. The number of nitrogens with one attached hydrogen (secondary N) is 1. The first-order valence-corrected chi connectivity index (χ1v) is 12.9. The Kier molecular flexibility index (Phi) is 8.46. The van der Waals surface area contributed by atoms with Gasteiger partial charge in [0.15, 0.2) is 12.2 Å². The van der Waals surface area contributed by atoms with Gasteiger partial charge >= 0.3 is 0 Å². The fraction of sp³-hybridized carbons (Fsp3) is 0.308. The van der Waals surface area contributed by atoms with E-state index in [1.807, 2.05) is 48.5 Å². The molecule has 2 heterocycles. The second-order valence-corrected chi connectivity index (χ2v) is 10.6. The molecule has 1 saturated heterocycles. The zero-order chi connectivity index (χ0) is 24.9. The van der Waals surface area contributed by atoms with Crippen molar-refractivity contribution in [3.8, 4) is 0 Å². The summed E-state index contributed by atoms with van der Waals surface area (Å²) in [5.41, 5.74) is 1.88. The quantitative estimate of drug-likeness (QED) is 0.402. The summed E-state index contributed by atoms with van der Waals surface area (Å²) >= 11 is 13.8. The van der Waals surface area contributed by atoms with Crippen LogP contribution in [0.3, 0.4) is 0 Å². The van der Waals surface area contributed by atoms with E-state index in [0.717, 1.165) is 33.7 Å². The lowest BCUT2D eigenvalue weighted by Crippen LogP contribution is -2.50. The molecular formula is C26H26Cl2N2O4S. The second kappa shape index (κ2) is 11.5. The maximum absolute atomic E-state index is 12.9. The smallest absolute Gasteiger partial charge is 0.255 e. The Morgan fingerprint density at radius 2 is 1.80 bits per heavy atom. The summed E-state index contributed by atoms with van der Waals surface area (Å²) in [6, 6.07) is 18.5. The number of carbonyl (C=O) groups is 2. The van der Waals surface area contributed by atoms with E-state index in [4.69, 9.17) is 23.2 Å². The summed E-state index contributed by atoms with van der Waals surface area (Å²) in [7, 11) is 0. The number of likely N-dealkylation sites (tertiary alicyclic amines) is 1. The largest absolute Gasteiger partial charge is 0.380 e. The van der Waals surface area contributed by atoms with Crippen molar-refractivity contribution >= 4 is 46.4 Å². The highest BCUT2D eigenvalue weighted by molar-refractivity contribution is 7.12. The van der Waals surface area contributed by atoms with Crippen LogP contribution in [-0.2, 0) is 22.6 Å². The average molecular weight is 533 g/mol. The van der Waals surface area contributed by atoms with E-state index in [0.29, 0.717) is 23.0 Å². The standard InChI is InChI=1S/C26H26Cl2N2O4S/c27-18-7-3-6-17(13-18)22-9-4-12-30(22)26(34)24(32)23(31)25(33)29-15-20-11-10-19(35-20)14-16-5-1-2-8-21(16)28/h1-3,5-8,10-11,13,22-24,31-32H,4,9,12,14-15H2,(H,29,33)/t22-,23-,24-/m1/s1. The summed E-state index contributed by atoms with van der Waals surface area (Å²) in [6.07, 6.45) is -1.57. The van der Waals surface area contributed by atoms with Crippen molar-refractivity contribution in [1.82, 2.24) is 10.2 Å². The van der Waals surface area contributed by atoms with Gasteiger partial charge in [-0.3, -0.25) is 9.59 Å². The Morgan fingerprint density at radius 1 is 1.03 bits per heavy atom. The molecule has 6 nitrogen and oxygen atoms in total. The van der Waals surface area contributed by atoms with Gasteiger partial charge in [0, 0.05) is 32.8 Å². The van der Waals surface area contributed by atoms with Crippen molar-refractivity contribution in [2.24, 2.45) is 0 Å². The maximum atomic E-state index is 12.9. The zero-order valence-corrected chi connectivity index (χ0v) is 21.2. The van der Waals surface area contributed by atoms with E-state index in [9.17, 15) is 19.8 Å². The van der Waals surface area contributed by atoms with Crippen LogP contribution in [0.4, 0.5) is 0 Å². The van der Waals surface area contributed by atoms with Gasteiger partial charge in [-0.2, -0.15) is 0 Å². The highest BCUT2D eigenvalue weighted by atomic mass is 35.5. The second-order valence-electron chi connectivity index (χ2n) is 8.49. The molecule has 9 heteroatoms. The van der Waals surface area contributed by atoms with Crippen LogP contribution < -0.4 is 5.32 Å². The Balaban J connectivity index is 1.32. The minimum Gasteiger partial charge on any atom is -0.380 e. The third kappa shape index (κ3) is 6.23.